The van der Waals surface area contributed by atoms with Crippen molar-refractivity contribution in [1.82, 2.24) is 29.6 Å². The highest BCUT2D eigenvalue weighted by molar-refractivity contribution is 7.20. The number of hydrogen-bond donors (Lipinski definition) is 0. The highest BCUT2D eigenvalue weighted by Gasteiger charge is 2.20. The Morgan fingerprint density at radius 3 is 2.72 bits per heavy atom. The summed E-state index contributed by atoms with van der Waals surface area (Å²) in [5, 5.41) is 10.5. The second-order valence-electron chi connectivity index (χ2n) is 7.09. The molecule has 5 rings (SSSR count). The number of benzene rings is 1. The summed E-state index contributed by atoms with van der Waals surface area (Å²) >= 11 is 7.60. The first-order valence-electron chi connectivity index (χ1n) is 9.53. The quantitative estimate of drug-likeness (QED) is 0.491. The molecule has 4 aromatic rings. The van der Waals surface area contributed by atoms with Gasteiger partial charge >= 0.3 is 0 Å². The molecule has 0 N–H and O–H groups in total. The Morgan fingerprint density at radius 1 is 1.10 bits per heavy atom. The predicted octanol–water partition coefficient (Wildman–Crippen LogP) is 3.51. The molecule has 0 atom stereocenters. The Balaban J connectivity index is 1.28. The van der Waals surface area contributed by atoms with Crippen molar-refractivity contribution in [3.63, 3.8) is 0 Å². The average Bonchev–Trinajstić information content (AvgIpc) is 3.34. The van der Waals surface area contributed by atoms with Crippen LogP contribution >= 0.6 is 22.9 Å². The van der Waals surface area contributed by atoms with Crippen LogP contribution in [0, 0.1) is 6.92 Å². The number of nitrogens with zero attached hydrogens (tertiary/aromatic N) is 7. The summed E-state index contributed by atoms with van der Waals surface area (Å²) in [6.45, 7) is 6.37. The van der Waals surface area contributed by atoms with Crippen LogP contribution in [0.3, 0.4) is 0 Å². The van der Waals surface area contributed by atoms with Crippen molar-refractivity contribution in [2.45, 2.75) is 19.9 Å². The van der Waals surface area contributed by atoms with Crippen molar-refractivity contribution in [3.05, 3.63) is 47.2 Å². The molecule has 1 aliphatic heterocycles. The van der Waals surface area contributed by atoms with Crippen molar-refractivity contribution < 1.29 is 4.52 Å². The lowest BCUT2D eigenvalue weighted by atomic mass is 10.2. The van der Waals surface area contributed by atoms with E-state index in [9.17, 15) is 0 Å². The molecule has 1 aromatic carbocycles. The molecule has 0 saturated carbocycles. The highest BCUT2D eigenvalue weighted by Crippen LogP contribution is 2.28. The third-order valence-electron chi connectivity index (χ3n) is 4.97. The molecule has 0 aliphatic carbocycles. The number of fused-ring (bicyclic) bond motifs is 1. The number of anilines is 1. The van der Waals surface area contributed by atoms with Gasteiger partial charge in [-0.25, -0.2) is 9.50 Å². The first-order chi connectivity index (χ1) is 14.1. The fourth-order valence-corrected chi connectivity index (χ4v) is 4.56. The first kappa shape index (κ1) is 18.5. The van der Waals surface area contributed by atoms with E-state index in [4.69, 9.17) is 26.2 Å². The van der Waals surface area contributed by atoms with E-state index >= 15 is 0 Å². The molecular weight excluding hydrogens is 410 g/mol. The van der Waals surface area contributed by atoms with Gasteiger partial charge in [-0.15, -0.1) is 5.10 Å². The van der Waals surface area contributed by atoms with Gasteiger partial charge in [0.25, 0.3) is 0 Å². The average molecular weight is 430 g/mol. The van der Waals surface area contributed by atoms with Crippen LogP contribution in [-0.2, 0) is 6.54 Å². The summed E-state index contributed by atoms with van der Waals surface area (Å²) < 4.78 is 6.95. The van der Waals surface area contributed by atoms with E-state index in [1.165, 1.54) is 0 Å². The Hall–Kier alpha value is -2.49. The Labute approximate surface area is 176 Å². The third kappa shape index (κ3) is 3.98. The van der Waals surface area contributed by atoms with E-state index in [0.29, 0.717) is 5.89 Å². The molecule has 1 saturated heterocycles. The number of aryl methyl sites for hydroxylation is 1. The van der Waals surface area contributed by atoms with Crippen molar-refractivity contribution in [2.75, 3.05) is 31.1 Å². The molecular formula is C19H20ClN7OS. The van der Waals surface area contributed by atoms with Crippen LogP contribution in [0.4, 0.5) is 5.13 Å². The zero-order valence-electron chi connectivity index (χ0n) is 16.0. The number of rotatable bonds is 4. The second-order valence-corrected chi connectivity index (χ2v) is 8.46. The first-order valence-corrected chi connectivity index (χ1v) is 10.7. The molecule has 0 radical (unpaired) electrons. The monoisotopic (exact) mass is 429 g/mol. The Morgan fingerprint density at radius 2 is 1.97 bits per heavy atom. The molecule has 29 heavy (non-hydrogen) atoms. The summed E-state index contributed by atoms with van der Waals surface area (Å²) in [6.07, 6.45) is 3.04. The smallest absolute Gasteiger partial charge is 0.223 e. The van der Waals surface area contributed by atoms with E-state index in [1.54, 1.807) is 11.3 Å². The minimum atomic E-state index is 0.612. The van der Waals surface area contributed by atoms with Gasteiger partial charge in [0.15, 0.2) is 5.82 Å². The molecule has 3 aromatic heterocycles. The molecule has 0 spiro atoms. The van der Waals surface area contributed by atoms with Crippen LogP contribution in [0.2, 0.25) is 5.02 Å². The number of imidazole rings is 1. The largest absolute Gasteiger partial charge is 0.345 e. The number of hydrogen-bond acceptors (Lipinski definition) is 8. The van der Waals surface area contributed by atoms with Crippen LogP contribution in [0.25, 0.3) is 16.2 Å². The Bertz CT molecular complexity index is 1090. The summed E-state index contributed by atoms with van der Waals surface area (Å²) in [4.78, 5) is 14.6. The van der Waals surface area contributed by atoms with Crippen molar-refractivity contribution in [1.29, 1.82) is 0 Å². The molecule has 4 heterocycles. The van der Waals surface area contributed by atoms with Crippen LogP contribution in [0.5, 0.6) is 0 Å². The number of aromatic nitrogens is 5. The van der Waals surface area contributed by atoms with E-state index in [2.05, 4.69) is 19.9 Å². The van der Waals surface area contributed by atoms with Gasteiger partial charge in [0.05, 0.1) is 18.4 Å². The summed E-state index contributed by atoms with van der Waals surface area (Å²) in [5.74, 6) is 1.36. The van der Waals surface area contributed by atoms with Crippen LogP contribution in [0.15, 0.2) is 35.0 Å². The van der Waals surface area contributed by atoms with E-state index in [-0.39, 0.29) is 0 Å². The van der Waals surface area contributed by atoms with Crippen molar-refractivity contribution in [3.8, 4) is 11.3 Å². The Kier molecular flexibility index (Phi) is 4.94. The molecule has 8 nitrogen and oxygen atoms in total. The minimum absolute atomic E-state index is 0.612. The molecule has 0 amide bonds. The molecule has 0 bridgehead atoms. The van der Waals surface area contributed by atoms with Gasteiger partial charge in [-0.05, 0) is 18.6 Å². The summed E-state index contributed by atoms with van der Waals surface area (Å²) in [5.41, 5.74) is 1.94. The zero-order chi connectivity index (χ0) is 19.8. The standard InChI is InChI=1S/C19H20ClN7OS/c1-13-21-17(24-28-13)12-25-7-2-8-26(10-9-25)19-23-27-11-16(22-18(27)29-19)14-3-5-15(20)6-4-14/h3-6,11H,2,7-10,12H2,1H3. The second kappa shape index (κ2) is 7.74. The molecule has 10 heteroatoms. The van der Waals surface area contributed by atoms with Gasteiger partial charge in [-0.1, -0.05) is 40.2 Å². The number of halogens is 1. The van der Waals surface area contributed by atoms with Crippen LogP contribution in [-0.4, -0.2) is 55.8 Å². The highest BCUT2D eigenvalue weighted by atomic mass is 35.5. The lowest BCUT2D eigenvalue weighted by molar-refractivity contribution is 0.272. The fraction of sp³-hybridized carbons (Fsp3) is 0.368. The lowest BCUT2D eigenvalue weighted by Crippen LogP contribution is -2.30. The molecule has 150 valence electrons. The van der Waals surface area contributed by atoms with Crippen LogP contribution < -0.4 is 4.90 Å². The maximum absolute atomic E-state index is 5.98. The van der Waals surface area contributed by atoms with Gasteiger partial charge in [0, 0.05) is 43.7 Å². The zero-order valence-corrected chi connectivity index (χ0v) is 17.5. The fourth-order valence-electron chi connectivity index (χ4n) is 3.50. The summed E-state index contributed by atoms with van der Waals surface area (Å²) in [7, 11) is 0. The summed E-state index contributed by atoms with van der Waals surface area (Å²) in [6, 6.07) is 7.71. The van der Waals surface area contributed by atoms with Crippen LogP contribution in [0.1, 0.15) is 18.1 Å². The third-order valence-corrected chi connectivity index (χ3v) is 6.20. The lowest BCUT2D eigenvalue weighted by Gasteiger charge is -2.19. The minimum Gasteiger partial charge on any atom is -0.345 e. The van der Waals surface area contributed by atoms with Crippen molar-refractivity contribution >= 4 is 33.0 Å². The van der Waals surface area contributed by atoms with Gasteiger partial charge < -0.3 is 9.42 Å². The van der Waals surface area contributed by atoms with E-state index in [0.717, 1.165) is 71.3 Å². The van der Waals surface area contributed by atoms with E-state index < -0.39 is 0 Å². The van der Waals surface area contributed by atoms with Gasteiger partial charge in [-0.2, -0.15) is 4.98 Å². The van der Waals surface area contributed by atoms with Crippen molar-refractivity contribution in [2.24, 2.45) is 0 Å². The van der Waals surface area contributed by atoms with E-state index in [1.807, 2.05) is 41.9 Å². The van der Waals surface area contributed by atoms with Gasteiger partial charge in [0.1, 0.15) is 0 Å². The molecule has 0 unspecified atom stereocenters. The van der Waals surface area contributed by atoms with Gasteiger partial charge in [-0.3, -0.25) is 4.90 Å². The maximum Gasteiger partial charge on any atom is 0.223 e. The normalized spacial score (nSPS) is 15.9. The SMILES string of the molecule is Cc1nc(CN2CCCN(c3nn4cc(-c5ccc(Cl)cc5)nc4s3)CC2)no1. The molecule has 1 aliphatic rings. The molecule has 1 fully saturated rings. The topological polar surface area (TPSA) is 75.6 Å². The predicted molar refractivity (Wildman–Crippen MR) is 112 cm³/mol. The maximum atomic E-state index is 5.98. The van der Waals surface area contributed by atoms with Gasteiger partial charge in [0.2, 0.25) is 16.0 Å².